The molecule has 5 aromatic rings. The van der Waals surface area contributed by atoms with E-state index in [0.717, 1.165) is 11.1 Å². The van der Waals surface area contributed by atoms with Crippen molar-refractivity contribution >= 4 is 72.5 Å². The van der Waals surface area contributed by atoms with Gasteiger partial charge < -0.3 is 40.2 Å². The predicted molar refractivity (Wildman–Crippen MR) is 181 cm³/mol. The standard InChI is InChI=1S/C35H34N2O10/c1-15-11-16-24-25-17(12-15)35(47-4)33(37-10-6-8-23(42)43)26-18(38)13-20(45-2)28(30(25)26)29-21(46-3)14-19(39)27(31(24)29)34(44)32(16)36-9-5-7-22(40)41/h11,13-14,36-37,44H,5-10,12H2,1-4H3,(H,40,41)(H,42,43). The van der Waals surface area contributed by atoms with Crippen molar-refractivity contribution in [3.8, 4) is 23.0 Å². The van der Waals surface area contributed by atoms with Crippen molar-refractivity contribution < 1.29 is 39.1 Å². The van der Waals surface area contributed by atoms with Gasteiger partial charge in [-0.15, -0.1) is 0 Å². The molecule has 12 heteroatoms. The highest BCUT2D eigenvalue weighted by molar-refractivity contribution is 6.40. The molecule has 0 unspecified atom stereocenters. The fourth-order valence-electron chi connectivity index (χ4n) is 7.02. The zero-order valence-electron chi connectivity index (χ0n) is 26.4. The summed E-state index contributed by atoms with van der Waals surface area (Å²) in [6.45, 7) is 2.39. The number of phenols is 1. The summed E-state index contributed by atoms with van der Waals surface area (Å²) in [5, 5.41) is 40.2. The van der Waals surface area contributed by atoms with Crippen LogP contribution in [-0.4, -0.2) is 61.7 Å². The molecule has 5 aromatic carbocycles. The van der Waals surface area contributed by atoms with Crippen LogP contribution in [0.15, 0.2) is 27.3 Å². The number of methoxy groups -OCH3 is 3. The highest BCUT2D eigenvalue weighted by Gasteiger charge is 2.33. The monoisotopic (exact) mass is 642 g/mol. The third kappa shape index (κ3) is 4.91. The molecule has 0 aliphatic heterocycles. The van der Waals surface area contributed by atoms with E-state index in [1.54, 1.807) is 0 Å². The molecule has 0 saturated carbocycles. The van der Waals surface area contributed by atoms with E-state index in [9.17, 15) is 34.5 Å². The summed E-state index contributed by atoms with van der Waals surface area (Å²) in [4.78, 5) is 50.3. The molecule has 0 amide bonds. The lowest BCUT2D eigenvalue weighted by molar-refractivity contribution is -0.138. The van der Waals surface area contributed by atoms with Gasteiger partial charge in [0.1, 0.15) is 17.2 Å². The van der Waals surface area contributed by atoms with Gasteiger partial charge in [-0.1, -0.05) is 11.6 Å². The van der Waals surface area contributed by atoms with E-state index in [4.69, 9.17) is 14.2 Å². The number of anilines is 2. The van der Waals surface area contributed by atoms with Gasteiger partial charge in [0.05, 0.1) is 43.5 Å². The molecule has 6 rings (SSSR count). The normalized spacial score (nSPS) is 12.6. The summed E-state index contributed by atoms with van der Waals surface area (Å²) < 4.78 is 17.6. The number of rotatable bonds is 13. The average Bonchev–Trinajstić information content (AvgIpc) is 3.18. The molecule has 244 valence electrons. The largest absolute Gasteiger partial charge is 0.505 e. The maximum absolute atomic E-state index is 14.0. The predicted octanol–water partition coefficient (Wildman–Crippen LogP) is 5.14. The number of phenolic OH excluding ortho intramolecular Hbond substituents is 1. The van der Waals surface area contributed by atoms with Gasteiger partial charge in [0.2, 0.25) is 0 Å². The Hall–Kier alpha value is -5.52. The molecule has 47 heavy (non-hydrogen) atoms. The molecule has 1 aliphatic carbocycles. The fourth-order valence-corrected chi connectivity index (χ4v) is 7.02. The Labute approximate surface area is 267 Å². The van der Waals surface area contributed by atoms with Crippen LogP contribution in [0.4, 0.5) is 11.4 Å². The number of fused-ring (bicyclic) bond motifs is 1. The Morgan fingerprint density at radius 2 is 1.26 bits per heavy atom. The third-order valence-corrected chi connectivity index (χ3v) is 8.80. The minimum absolute atomic E-state index is 0.0427. The van der Waals surface area contributed by atoms with Gasteiger partial charge in [0, 0.05) is 76.1 Å². The van der Waals surface area contributed by atoms with Crippen LogP contribution in [0.5, 0.6) is 23.0 Å². The summed E-state index contributed by atoms with van der Waals surface area (Å²) in [6, 6.07) is 2.67. The molecule has 0 radical (unpaired) electrons. The van der Waals surface area contributed by atoms with Crippen molar-refractivity contribution in [2.75, 3.05) is 45.1 Å². The highest BCUT2D eigenvalue weighted by atomic mass is 16.5. The number of allylic oxidation sites excluding steroid dienone is 1. The van der Waals surface area contributed by atoms with Gasteiger partial charge in [0.25, 0.3) is 0 Å². The van der Waals surface area contributed by atoms with Crippen LogP contribution in [0.1, 0.15) is 43.7 Å². The lowest BCUT2D eigenvalue weighted by Crippen LogP contribution is -2.14. The van der Waals surface area contributed by atoms with Crippen LogP contribution < -0.4 is 35.7 Å². The van der Waals surface area contributed by atoms with Crippen molar-refractivity contribution in [3.05, 3.63) is 49.3 Å². The Balaban J connectivity index is 1.87. The maximum atomic E-state index is 14.0. The number of nitrogens with one attached hydrogen (secondary N) is 2. The van der Waals surface area contributed by atoms with E-state index < -0.39 is 17.4 Å². The summed E-state index contributed by atoms with van der Waals surface area (Å²) in [6.07, 6.45) is 2.71. The molecule has 0 heterocycles. The number of carboxylic acids is 2. The van der Waals surface area contributed by atoms with Crippen LogP contribution in [0.3, 0.4) is 0 Å². The van der Waals surface area contributed by atoms with Crippen molar-refractivity contribution in [1.82, 2.24) is 0 Å². The molecule has 0 saturated heterocycles. The molecule has 12 nitrogen and oxygen atoms in total. The first-order chi connectivity index (χ1) is 22.5. The number of hydrogen-bond donors (Lipinski definition) is 5. The lowest BCUT2D eigenvalue weighted by atomic mass is 9.83. The Bertz CT molecular complexity index is 2260. The second-order valence-corrected chi connectivity index (χ2v) is 11.7. The first kappa shape index (κ1) is 31.5. The number of benzene rings is 5. The van der Waals surface area contributed by atoms with Crippen molar-refractivity contribution in [2.45, 2.75) is 39.0 Å². The summed E-state index contributed by atoms with van der Waals surface area (Å²) in [5.74, 6) is -1.28. The summed E-state index contributed by atoms with van der Waals surface area (Å²) >= 11 is 0. The van der Waals surface area contributed by atoms with Gasteiger partial charge in [-0.3, -0.25) is 19.2 Å². The third-order valence-electron chi connectivity index (χ3n) is 8.80. The SMILES string of the molecule is COc1c(NCCCC(=O)O)c2c(=O)cc(OC)c3c4c(OC)cc(=O)c5c(O)c(NCCCC(=O)O)c6c(c(c1CC(C)=C6)c23)c54. The quantitative estimate of drug-likeness (QED) is 0.0495. The van der Waals surface area contributed by atoms with E-state index in [1.807, 2.05) is 13.0 Å². The molecule has 5 N–H and O–H groups in total. The van der Waals surface area contributed by atoms with Crippen LogP contribution >= 0.6 is 0 Å². The number of hydrogen-bond acceptors (Lipinski definition) is 10. The smallest absolute Gasteiger partial charge is 0.303 e. The minimum atomic E-state index is -0.952. The van der Waals surface area contributed by atoms with Crippen molar-refractivity contribution in [3.63, 3.8) is 0 Å². The van der Waals surface area contributed by atoms with E-state index in [-0.39, 0.29) is 66.1 Å². The van der Waals surface area contributed by atoms with E-state index in [0.29, 0.717) is 67.5 Å². The van der Waals surface area contributed by atoms with Gasteiger partial charge in [-0.2, -0.15) is 0 Å². The van der Waals surface area contributed by atoms with Crippen molar-refractivity contribution in [2.24, 2.45) is 0 Å². The minimum Gasteiger partial charge on any atom is -0.505 e. The number of carboxylic acid groups (broad SMARTS) is 2. The Kier molecular flexibility index (Phi) is 8.04. The molecule has 0 spiro atoms. The molecule has 0 bridgehead atoms. The average molecular weight is 643 g/mol. The van der Waals surface area contributed by atoms with Crippen LogP contribution in [-0.2, 0) is 16.0 Å². The van der Waals surface area contributed by atoms with E-state index in [2.05, 4.69) is 10.6 Å². The topological polar surface area (TPSA) is 181 Å². The second kappa shape index (κ2) is 12.0. The second-order valence-electron chi connectivity index (χ2n) is 11.7. The molecular formula is C35H34N2O10. The summed E-state index contributed by atoms with van der Waals surface area (Å²) in [5.41, 5.74) is 2.03. The number of aromatic hydroxyl groups is 1. The highest BCUT2D eigenvalue weighted by Crippen LogP contribution is 2.56. The number of ether oxygens (including phenoxy) is 3. The van der Waals surface area contributed by atoms with Gasteiger partial charge in [-0.25, -0.2) is 0 Å². The molecule has 1 aliphatic rings. The number of aliphatic carboxylic acids is 2. The maximum Gasteiger partial charge on any atom is 0.303 e. The first-order valence-corrected chi connectivity index (χ1v) is 15.2. The van der Waals surface area contributed by atoms with Crippen LogP contribution in [0, 0.1) is 0 Å². The zero-order chi connectivity index (χ0) is 33.7. The van der Waals surface area contributed by atoms with Gasteiger partial charge >= 0.3 is 11.9 Å². The lowest BCUT2D eigenvalue weighted by Gasteiger charge is -2.25. The van der Waals surface area contributed by atoms with Crippen LogP contribution in [0.2, 0.25) is 0 Å². The van der Waals surface area contributed by atoms with E-state index in [1.165, 1.54) is 33.5 Å². The van der Waals surface area contributed by atoms with Gasteiger partial charge in [-0.05, 0) is 31.6 Å². The van der Waals surface area contributed by atoms with Crippen molar-refractivity contribution in [1.29, 1.82) is 0 Å². The first-order valence-electron chi connectivity index (χ1n) is 15.2. The molecule has 0 fully saturated rings. The van der Waals surface area contributed by atoms with E-state index >= 15 is 0 Å². The van der Waals surface area contributed by atoms with Gasteiger partial charge in [0.15, 0.2) is 16.6 Å². The Morgan fingerprint density at radius 1 is 0.723 bits per heavy atom. The molecule has 0 aromatic heterocycles. The fraction of sp³-hybridized carbons (Fsp3) is 0.314. The van der Waals surface area contributed by atoms with Crippen LogP contribution in [0.25, 0.3) is 49.2 Å². The Morgan fingerprint density at radius 3 is 1.79 bits per heavy atom. The molecule has 0 atom stereocenters. The zero-order valence-corrected chi connectivity index (χ0v) is 26.4. The number of carbonyl (C=O) groups is 2. The summed E-state index contributed by atoms with van der Waals surface area (Å²) in [7, 11) is 4.39. The molecular weight excluding hydrogens is 608 g/mol.